The Bertz CT molecular complexity index is 429. The summed E-state index contributed by atoms with van der Waals surface area (Å²) in [5, 5.41) is 3.49. The second-order valence-electron chi connectivity index (χ2n) is 2.97. The largest absolute Gasteiger partial charge is 0.142 e. The average Bonchev–Trinajstić information content (AvgIpc) is 2.41. The number of hydrogen-bond donors (Lipinski definition) is 0. The van der Waals surface area contributed by atoms with E-state index >= 15 is 0 Å². The van der Waals surface area contributed by atoms with E-state index in [0.29, 0.717) is 0 Å². The zero-order valence-electron chi connectivity index (χ0n) is 7.02. The lowest BCUT2D eigenvalue weighted by molar-refractivity contribution is 1.39. The van der Waals surface area contributed by atoms with Crippen LogP contribution in [0.5, 0.6) is 0 Å². The third kappa shape index (κ3) is 1.10. The fourth-order valence-electron chi connectivity index (χ4n) is 1.30. The first-order valence-electron chi connectivity index (χ1n) is 3.83. The molecule has 0 amide bonds. The van der Waals surface area contributed by atoms with Gasteiger partial charge < -0.3 is 0 Å². The van der Waals surface area contributed by atoms with Gasteiger partial charge >= 0.3 is 0 Å². The van der Waals surface area contributed by atoms with Crippen molar-refractivity contribution in [2.24, 2.45) is 0 Å². The Morgan fingerprint density at radius 3 is 2.75 bits per heavy atom. The highest BCUT2D eigenvalue weighted by Crippen LogP contribution is 2.33. The van der Waals surface area contributed by atoms with E-state index in [2.05, 4.69) is 47.3 Å². The summed E-state index contributed by atoms with van der Waals surface area (Å²) >= 11 is 5.34. The van der Waals surface area contributed by atoms with E-state index < -0.39 is 0 Å². The van der Waals surface area contributed by atoms with E-state index in [1.807, 2.05) is 11.3 Å². The molecule has 0 aliphatic rings. The molecule has 0 aliphatic carbocycles. The Morgan fingerprint density at radius 2 is 2.00 bits per heavy atom. The van der Waals surface area contributed by atoms with Gasteiger partial charge in [-0.2, -0.15) is 0 Å². The molecule has 0 bridgehead atoms. The minimum atomic E-state index is 1.21. The third-order valence-corrected chi connectivity index (χ3v) is 4.29. The SMILES string of the molecule is Cc1ccc2c(Br)csc2c1C. The van der Waals surface area contributed by atoms with Gasteiger partial charge in [0, 0.05) is 19.9 Å². The molecule has 0 saturated heterocycles. The molecule has 0 N–H and O–H groups in total. The first-order chi connectivity index (χ1) is 5.70. The predicted molar refractivity (Wildman–Crippen MR) is 59.0 cm³/mol. The van der Waals surface area contributed by atoms with Gasteiger partial charge in [-0.15, -0.1) is 11.3 Å². The molecule has 12 heavy (non-hydrogen) atoms. The average molecular weight is 241 g/mol. The van der Waals surface area contributed by atoms with Gasteiger partial charge in [0.25, 0.3) is 0 Å². The van der Waals surface area contributed by atoms with Crippen LogP contribution in [0.15, 0.2) is 22.0 Å². The Kier molecular flexibility index (Phi) is 1.97. The van der Waals surface area contributed by atoms with Crippen molar-refractivity contribution in [3.05, 3.63) is 33.1 Å². The molecule has 0 radical (unpaired) electrons. The fourth-order valence-corrected chi connectivity index (χ4v) is 3.04. The zero-order chi connectivity index (χ0) is 8.72. The van der Waals surface area contributed by atoms with Crippen molar-refractivity contribution in [1.29, 1.82) is 0 Å². The van der Waals surface area contributed by atoms with Gasteiger partial charge in [0.1, 0.15) is 0 Å². The van der Waals surface area contributed by atoms with Crippen LogP contribution < -0.4 is 0 Å². The first kappa shape index (κ1) is 8.27. The van der Waals surface area contributed by atoms with Crippen LogP contribution in [0, 0.1) is 13.8 Å². The first-order valence-corrected chi connectivity index (χ1v) is 5.50. The van der Waals surface area contributed by atoms with Crippen LogP contribution >= 0.6 is 27.3 Å². The van der Waals surface area contributed by atoms with Crippen LogP contribution in [0.2, 0.25) is 0 Å². The van der Waals surface area contributed by atoms with Crippen molar-refractivity contribution in [2.45, 2.75) is 13.8 Å². The van der Waals surface area contributed by atoms with Gasteiger partial charge in [0.15, 0.2) is 0 Å². The van der Waals surface area contributed by atoms with E-state index in [-0.39, 0.29) is 0 Å². The van der Waals surface area contributed by atoms with Crippen LogP contribution in [0.1, 0.15) is 11.1 Å². The fraction of sp³-hybridized carbons (Fsp3) is 0.200. The minimum Gasteiger partial charge on any atom is -0.142 e. The van der Waals surface area contributed by atoms with Crippen LogP contribution in [0.25, 0.3) is 10.1 Å². The number of halogens is 1. The van der Waals surface area contributed by atoms with E-state index in [1.54, 1.807) is 0 Å². The molecule has 0 fully saturated rings. The van der Waals surface area contributed by atoms with Crippen molar-refractivity contribution >= 4 is 37.4 Å². The summed E-state index contributed by atoms with van der Waals surface area (Å²) in [5.41, 5.74) is 2.78. The minimum absolute atomic E-state index is 1.21. The number of aryl methyl sites for hydroxylation is 2. The summed E-state index contributed by atoms with van der Waals surface area (Å²) in [6, 6.07) is 4.35. The van der Waals surface area contributed by atoms with E-state index in [1.165, 1.54) is 25.7 Å². The van der Waals surface area contributed by atoms with Gasteiger partial charge in [0.05, 0.1) is 0 Å². The standard InChI is InChI=1S/C10H9BrS/c1-6-3-4-8-9(11)5-12-10(8)7(6)2/h3-5H,1-2H3. The molecule has 2 heteroatoms. The van der Waals surface area contributed by atoms with Crippen molar-refractivity contribution in [2.75, 3.05) is 0 Å². The monoisotopic (exact) mass is 240 g/mol. The van der Waals surface area contributed by atoms with E-state index in [9.17, 15) is 0 Å². The molecule has 0 aliphatic heterocycles. The lowest BCUT2D eigenvalue weighted by atomic mass is 10.1. The van der Waals surface area contributed by atoms with Crippen LogP contribution in [0.4, 0.5) is 0 Å². The van der Waals surface area contributed by atoms with Crippen LogP contribution in [0.3, 0.4) is 0 Å². The highest BCUT2D eigenvalue weighted by atomic mass is 79.9. The number of fused-ring (bicyclic) bond motifs is 1. The van der Waals surface area contributed by atoms with Crippen molar-refractivity contribution in [3.8, 4) is 0 Å². The highest BCUT2D eigenvalue weighted by Gasteiger charge is 2.04. The van der Waals surface area contributed by atoms with Gasteiger partial charge in [-0.25, -0.2) is 0 Å². The van der Waals surface area contributed by atoms with Gasteiger partial charge in [-0.1, -0.05) is 12.1 Å². The maximum Gasteiger partial charge on any atom is 0.0386 e. The molecule has 1 heterocycles. The van der Waals surface area contributed by atoms with Crippen molar-refractivity contribution in [1.82, 2.24) is 0 Å². The van der Waals surface area contributed by atoms with Crippen molar-refractivity contribution in [3.63, 3.8) is 0 Å². The summed E-state index contributed by atoms with van der Waals surface area (Å²) in [4.78, 5) is 0. The molecule has 0 atom stereocenters. The zero-order valence-corrected chi connectivity index (χ0v) is 9.42. The number of rotatable bonds is 0. The summed E-state index contributed by atoms with van der Waals surface area (Å²) in [7, 11) is 0. The highest BCUT2D eigenvalue weighted by molar-refractivity contribution is 9.10. The summed E-state index contributed by atoms with van der Waals surface area (Å²) in [6.45, 7) is 4.34. The topological polar surface area (TPSA) is 0 Å². The molecule has 1 aromatic carbocycles. The van der Waals surface area contributed by atoms with Crippen LogP contribution in [-0.4, -0.2) is 0 Å². The van der Waals surface area contributed by atoms with Gasteiger partial charge in [-0.3, -0.25) is 0 Å². The molecule has 0 nitrogen and oxygen atoms in total. The molecular formula is C10H9BrS. The molecule has 0 saturated carbocycles. The third-order valence-electron chi connectivity index (χ3n) is 2.21. The Labute approximate surface area is 84.4 Å². The molecule has 62 valence electrons. The Balaban J connectivity index is 2.93. The van der Waals surface area contributed by atoms with Gasteiger partial charge in [0.2, 0.25) is 0 Å². The predicted octanol–water partition coefficient (Wildman–Crippen LogP) is 4.28. The lowest BCUT2D eigenvalue weighted by Crippen LogP contribution is -1.78. The molecule has 2 rings (SSSR count). The number of thiophene rings is 1. The Hall–Kier alpha value is -0.340. The molecule has 2 aromatic rings. The molecule has 1 aromatic heterocycles. The second kappa shape index (κ2) is 2.86. The Morgan fingerprint density at radius 1 is 1.25 bits per heavy atom. The summed E-state index contributed by atoms with van der Waals surface area (Å²) in [6.07, 6.45) is 0. The maximum absolute atomic E-state index is 3.54. The smallest absolute Gasteiger partial charge is 0.0386 e. The maximum atomic E-state index is 3.54. The van der Waals surface area contributed by atoms with Crippen molar-refractivity contribution < 1.29 is 0 Å². The summed E-state index contributed by atoms with van der Waals surface area (Å²) in [5.74, 6) is 0. The lowest BCUT2D eigenvalue weighted by Gasteiger charge is -1.99. The second-order valence-corrected chi connectivity index (χ2v) is 4.70. The molecule has 0 spiro atoms. The normalized spacial score (nSPS) is 10.9. The number of hydrogen-bond acceptors (Lipinski definition) is 1. The van der Waals surface area contributed by atoms with Crippen LogP contribution in [-0.2, 0) is 0 Å². The van der Waals surface area contributed by atoms with Gasteiger partial charge in [-0.05, 0) is 40.9 Å². The number of benzene rings is 1. The molecule has 0 unspecified atom stereocenters. The molecular weight excluding hydrogens is 232 g/mol. The summed E-state index contributed by atoms with van der Waals surface area (Å²) < 4.78 is 2.62. The quantitative estimate of drug-likeness (QED) is 0.645. The van der Waals surface area contributed by atoms with E-state index in [0.717, 1.165) is 0 Å². The van der Waals surface area contributed by atoms with E-state index in [4.69, 9.17) is 0 Å².